The maximum atomic E-state index is 13.7. The van der Waals surface area contributed by atoms with Crippen LogP contribution >= 0.6 is 0 Å². The molecule has 0 saturated carbocycles. The van der Waals surface area contributed by atoms with Gasteiger partial charge in [-0.1, -0.05) is 0 Å². The zero-order chi connectivity index (χ0) is 18.8. The summed E-state index contributed by atoms with van der Waals surface area (Å²) in [5, 5.41) is 23.3. The normalized spacial score (nSPS) is 13.9. The molecule has 26 heavy (non-hydrogen) atoms. The van der Waals surface area contributed by atoms with Crippen LogP contribution < -0.4 is 10.6 Å². The van der Waals surface area contributed by atoms with E-state index in [0.717, 1.165) is 24.3 Å². The van der Waals surface area contributed by atoms with E-state index >= 15 is 0 Å². The van der Waals surface area contributed by atoms with Crippen molar-refractivity contribution in [1.82, 2.24) is 0 Å². The van der Waals surface area contributed by atoms with Gasteiger partial charge in [0.15, 0.2) is 0 Å². The van der Waals surface area contributed by atoms with Gasteiger partial charge < -0.3 is 20.8 Å². The Morgan fingerprint density at radius 1 is 0.692 bits per heavy atom. The van der Waals surface area contributed by atoms with E-state index in [2.05, 4.69) is 10.6 Å². The molecule has 0 unspecified atom stereocenters. The second-order valence-corrected chi connectivity index (χ2v) is 5.42. The van der Waals surface area contributed by atoms with Crippen LogP contribution in [0.5, 0.6) is 11.5 Å². The van der Waals surface area contributed by atoms with E-state index in [1.807, 2.05) is 0 Å². The van der Waals surface area contributed by atoms with Gasteiger partial charge >= 0.3 is 0 Å². The number of carbonyl (C=O) groups excluding carboxylic acids is 2. The Hall–Kier alpha value is -3.68. The molecule has 132 valence electrons. The summed E-state index contributed by atoms with van der Waals surface area (Å²) in [5.74, 6) is -3.42. The van der Waals surface area contributed by atoms with Crippen molar-refractivity contribution in [1.29, 1.82) is 0 Å². The Morgan fingerprint density at radius 2 is 1.08 bits per heavy atom. The van der Waals surface area contributed by atoms with Gasteiger partial charge in [0, 0.05) is 24.3 Å². The molecule has 0 atom stereocenters. The van der Waals surface area contributed by atoms with Crippen LogP contribution in [-0.4, -0.2) is 21.8 Å². The van der Waals surface area contributed by atoms with Crippen LogP contribution in [0, 0.1) is 11.6 Å². The standard InChI is InChI=1S/C18H12F2N2O4/c19-11-5-9(23)1-3-13(11)21-15-7-18(26)16(8-17(15)25)22-14-4-2-10(24)6-12(14)20/h1-8,21-24H. The average molecular weight is 358 g/mol. The average Bonchev–Trinajstić information content (AvgIpc) is 2.57. The van der Waals surface area contributed by atoms with Crippen molar-refractivity contribution >= 4 is 22.9 Å². The highest BCUT2D eigenvalue weighted by Crippen LogP contribution is 2.24. The predicted octanol–water partition coefficient (Wildman–Crippen LogP) is 2.82. The van der Waals surface area contributed by atoms with Crippen molar-refractivity contribution in [2.75, 3.05) is 10.6 Å². The minimum Gasteiger partial charge on any atom is -0.508 e. The largest absolute Gasteiger partial charge is 0.508 e. The highest BCUT2D eigenvalue weighted by molar-refractivity contribution is 6.21. The first kappa shape index (κ1) is 17.2. The maximum Gasteiger partial charge on any atom is 0.204 e. The third-order valence-corrected chi connectivity index (χ3v) is 3.53. The Labute approximate surface area is 146 Å². The van der Waals surface area contributed by atoms with Crippen molar-refractivity contribution in [3.8, 4) is 11.5 Å². The van der Waals surface area contributed by atoms with Gasteiger partial charge in [0.1, 0.15) is 23.1 Å². The van der Waals surface area contributed by atoms with E-state index < -0.39 is 23.2 Å². The summed E-state index contributed by atoms with van der Waals surface area (Å²) < 4.78 is 27.5. The Morgan fingerprint density at radius 3 is 1.42 bits per heavy atom. The lowest BCUT2D eigenvalue weighted by molar-refractivity contribution is -0.115. The van der Waals surface area contributed by atoms with Crippen LogP contribution in [0.1, 0.15) is 0 Å². The summed E-state index contributed by atoms with van der Waals surface area (Å²) in [6.45, 7) is 0. The van der Waals surface area contributed by atoms with Crippen LogP contribution in [0.3, 0.4) is 0 Å². The fourth-order valence-corrected chi connectivity index (χ4v) is 2.26. The third kappa shape index (κ3) is 3.54. The molecule has 2 aromatic carbocycles. The fraction of sp³-hybridized carbons (Fsp3) is 0. The Kier molecular flexibility index (Phi) is 4.40. The molecule has 3 rings (SSSR count). The summed E-state index contributed by atoms with van der Waals surface area (Å²) in [6, 6.07) is 6.58. The number of rotatable bonds is 4. The second kappa shape index (κ2) is 6.67. The molecule has 6 nitrogen and oxygen atoms in total. The van der Waals surface area contributed by atoms with Crippen LogP contribution in [0.15, 0.2) is 59.9 Å². The third-order valence-electron chi connectivity index (χ3n) is 3.53. The van der Waals surface area contributed by atoms with Gasteiger partial charge in [0.05, 0.1) is 22.8 Å². The second-order valence-electron chi connectivity index (χ2n) is 5.42. The first-order valence-electron chi connectivity index (χ1n) is 7.36. The predicted molar refractivity (Wildman–Crippen MR) is 89.6 cm³/mol. The number of benzene rings is 2. The van der Waals surface area contributed by atoms with E-state index in [0.29, 0.717) is 0 Å². The lowest BCUT2D eigenvalue weighted by atomic mass is 10.1. The minimum atomic E-state index is -0.801. The molecule has 0 saturated heterocycles. The molecule has 0 spiro atoms. The molecule has 0 radical (unpaired) electrons. The highest BCUT2D eigenvalue weighted by Gasteiger charge is 2.22. The number of aromatic hydroxyl groups is 2. The number of anilines is 2. The van der Waals surface area contributed by atoms with Crippen molar-refractivity contribution in [2.24, 2.45) is 0 Å². The summed E-state index contributed by atoms with van der Waals surface area (Å²) >= 11 is 0. The molecular formula is C18H12F2N2O4. The molecule has 0 bridgehead atoms. The van der Waals surface area contributed by atoms with Crippen LogP contribution in [-0.2, 0) is 9.59 Å². The van der Waals surface area contributed by atoms with E-state index in [-0.39, 0.29) is 34.3 Å². The van der Waals surface area contributed by atoms with Crippen molar-refractivity contribution in [3.63, 3.8) is 0 Å². The first-order chi connectivity index (χ1) is 12.3. The van der Waals surface area contributed by atoms with Gasteiger partial charge in [-0.2, -0.15) is 0 Å². The van der Waals surface area contributed by atoms with Gasteiger partial charge in [-0.25, -0.2) is 8.78 Å². The van der Waals surface area contributed by atoms with E-state index in [4.69, 9.17) is 0 Å². The van der Waals surface area contributed by atoms with Crippen molar-refractivity contribution < 1.29 is 28.6 Å². The van der Waals surface area contributed by atoms with Crippen LogP contribution in [0.25, 0.3) is 0 Å². The van der Waals surface area contributed by atoms with Gasteiger partial charge in [0.25, 0.3) is 0 Å². The molecule has 4 N–H and O–H groups in total. The lowest BCUT2D eigenvalue weighted by Gasteiger charge is -2.16. The minimum absolute atomic E-state index is 0.0930. The Balaban J connectivity index is 1.79. The number of nitrogens with one attached hydrogen (secondary N) is 2. The molecule has 0 fully saturated rings. The topological polar surface area (TPSA) is 98.7 Å². The van der Waals surface area contributed by atoms with Crippen LogP contribution in [0.2, 0.25) is 0 Å². The quantitative estimate of drug-likeness (QED) is 0.496. The monoisotopic (exact) mass is 358 g/mol. The van der Waals surface area contributed by atoms with E-state index in [1.165, 1.54) is 24.3 Å². The van der Waals surface area contributed by atoms with Crippen LogP contribution in [0.4, 0.5) is 20.2 Å². The number of phenolic OH excluding ortho intramolecular Hbond substituents is 2. The first-order valence-corrected chi connectivity index (χ1v) is 7.36. The molecule has 2 aromatic rings. The molecule has 0 aromatic heterocycles. The summed E-state index contributed by atoms with van der Waals surface area (Å²) in [6.07, 6.45) is 1.91. The van der Waals surface area contributed by atoms with Crippen molar-refractivity contribution in [3.05, 3.63) is 71.6 Å². The van der Waals surface area contributed by atoms with Gasteiger partial charge in [0.2, 0.25) is 11.6 Å². The number of phenols is 2. The molecule has 1 aliphatic rings. The number of hydrogen-bond acceptors (Lipinski definition) is 6. The van der Waals surface area contributed by atoms with E-state index in [9.17, 15) is 28.6 Å². The number of halogens is 2. The van der Waals surface area contributed by atoms with Gasteiger partial charge in [-0.05, 0) is 24.3 Å². The molecule has 0 amide bonds. The summed E-state index contributed by atoms with van der Waals surface area (Å²) in [5.41, 5.74) is -0.526. The number of ketones is 2. The molecule has 0 heterocycles. The smallest absolute Gasteiger partial charge is 0.204 e. The summed E-state index contributed by atoms with van der Waals surface area (Å²) in [7, 11) is 0. The maximum absolute atomic E-state index is 13.7. The number of allylic oxidation sites excluding steroid dienone is 2. The lowest BCUT2D eigenvalue weighted by Crippen LogP contribution is -2.22. The number of hydrogen-bond donors (Lipinski definition) is 4. The van der Waals surface area contributed by atoms with E-state index in [1.54, 1.807) is 0 Å². The highest BCUT2D eigenvalue weighted by atomic mass is 19.1. The molecule has 0 aliphatic heterocycles. The van der Waals surface area contributed by atoms with Gasteiger partial charge in [-0.3, -0.25) is 9.59 Å². The molecular weight excluding hydrogens is 346 g/mol. The SMILES string of the molecule is O=C1C=C(Nc2ccc(O)cc2F)C(=O)C=C1Nc1ccc(O)cc1F. The Bertz CT molecular complexity index is 904. The summed E-state index contributed by atoms with van der Waals surface area (Å²) in [4.78, 5) is 24.3. The number of carbonyl (C=O) groups is 2. The zero-order valence-electron chi connectivity index (χ0n) is 13.1. The zero-order valence-corrected chi connectivity index (χ0v) is 13.1. The fourth-order valence-electron chi connectivity index (χ4n) is 2.26. The molecule has 8 heteroatoms. The van der Waals surface area contributed by atoms with Gasteiger partial charge in [-0.15, -0.1) is 0 Å². The molecule has 1 aliphatic carbocycles. The van der Waals surface area contributed by atoms with Crippen molar-refractivity contribution in [2.45, 2.75) is 0 Å².